The van der Waals surface area contributed by atoms with E-state index in [1.165, 1.54) is 6.21 Å². The number of allylic oxidation sites excluding steroid dienone is 6. The summed E-state index contributed by atoms with van der Waals surface area (Å²) in [5.41, 5.74) is 19.4. The highest BCUT2D eigenvalue weighted by Gasteiger charge is 2.16. The summed E-state index contributed by atoms with van der Waals surface area (Å²) in [6.45, 7) is 0. The van der Waals surface area contributed by atoms with Crippen molar-refractivity contribution in [1.82, 2.24) is 0 Å². The molecule has 0 radical (unpaired) electrons. The third kappa shape index (κ3) is 3.35. The van der Waals surface area contributed by atoms with Crippen LogP contribution in [0.4, 0.5) is 5.69 Å². The van der Waals surface area contributed by atoms with Gasteiger partial charge in [0.25, 0.3) is 0 Å². The lowest BCUT2D eigenvalue weighted by molar-refractivity contribution is 1.05. The Morgan fingerprint density at radius 3 is 2.75 bits per heavy atom. The van der Waals surface area contributed by atoms with Crippen LogP contribution in [0.3, 0.4) is 0 Å². The number of hydrogen-bond donors (Lipinski definition) is 3. The Morgan fingerprint density at radius 1 is 1.20 bits per heavy atom. The average molecular weight is 267 g/mol. The van der Waals surface area contributed by atoms with E-state index in [4.69, 9.17) is 17.2 Å². The summed E-state index contributed by atoms with van der Waals surface area (Å²) in [4.78, 5) is 0. The van der Waals surface area contributed by atoms with Gasteiger partial charge in [0, 0.05) is 17.8 Å². The summed E-state index contributed by atoms with van der Waals surface area (Å²) in [6, 6.07) is 7.85. The van der Waals surface area contributed by atoms with Gasteiger partial charge in [-0.3, -0.25) is 0 Å². The molecule has 1 aliphatic rings. The molecule has 0 amide bonds. The molecule has 1 aromatic rings. The summed E-state index contributed by atoms with van der Waals surface area (Å²) in [5.74, 6) is 0.107. The van der Waals surface area contributed by atoms with Gasteiger partial charge in [0.15, 0.2) is 0 Å². The van der Waals surface area contributed by atoms with Gasteiger partial charge in [0.1, 0.15) is 0 Å². The van der Waals surface area contributed by atoms with Gasteiger partial charge in [-0.2, -0.15) is 5.10 Å². The van der Waals surface area contributed by atoms with Gasteiger partial charge in [-0.1, -0.05) is 42.5 Å². The Labute approximate surface area is 117 Å². The van der Waals surface area contributed by atoms with Gasteiger partial charge in [-0.05, 0) is 23.3 Å². The zero-order chi connectivity index (χ0) is 14.4. The molecule has 5 nitrogen and oxygen atoms in total. The van der Waals surface area contributed by atoms with E-state index >= 15 is 0 Å². The summed E-state index contributed by atoms with van der Waals surface area (Å²) in [6.07, 6.45) is 11.5. The molecule has 0 saturated heterocycles. The molecule has 1 unspecified atom stereocenters. The first-order chi connectivity index (χ1) is 9.68. The fourth-order valence-corrected chi connectivity index (χ4v) is 2.02. The Kier molecular flexibility index (Phi) is 4.34. The molecule has 0 saturated carbocycles. The molecule has 1 aliphatic carbocycles. The third-order valence-corrected chi connectivity index (χ3v) is 2.90. The molecular formula is C15H17N5. The Balaban J connectivity index is 2.10. The molecule has 6 N–H and O–H groups in total. The summed E-state index contributed by atoms with van der Waals surface area (Å²) >= 11 is 0. The second kappa shape index (κ2) is 6.38. The first-order valence-corrected chi connectivity index (χ1v) is 6.20. The SMILES string of the molecule is NC(N)=N/N=C/C=C/C1=CC=CC1c1ccccc1N. The second-order valence-corrected chi connectivity index (χ2v) is 4.31. The topological polar surface area (TPSA) is 103 Å². The van der Waals surface area contributed by atoms with E-state index in [2.05, 4.69) is 16.3 Å². The molecule has 0 spiro atoms. The monoisotopic (exact) mass is 267 g/mol. The molecule has 0 fully saturated rings. The minimum Gasteiger partial charge on any atom is -0.398 e. The zero-order valence-corrected chi connectivity index (χ0v) is 11.0. The van der Waals surface area contributed by atoms with Gasteiger partial charge >= 0.3 is 0 Å². The standard InChI is InChI=1S/C15H17N5/c16-14-9-2-1-7-13(14)12-8-3-5-11(12)6-4-10-19-20-15(17)18/h1-10,12H,16H2,(H4,17,18,20)/b6-4+,19-10+. The van der Waals surface area contributed by atoms with Crippen LogP contribution >= 0.6 is 0 Å². The number of nitrogen functional groups attached to an aromatic ring is 1. The number of anilines is 1. The van der Waals surface area contributed by atoms with Crippen LogP contribution in [-0.2, 0) is 0 Å². The smallest absolute Gasteiger partial charge is 0.211 e. The van der Waals surface area contributed by atoms with Crippen molar-refractivity contribution in [2.75, 3.05) is 5.73 Å². The van der Waals surface area contributed by atoms with Crippen molar-refractivity contribution in [3.8, 4) is 0 Å². The lowest BCUT2D eigenvalue weighted by atomic mass is 9.92. The van der Waals surface area contributed by atoms with Crippen LogP contribution in [0.1, 0.15) is 11.5 Å². The third-order valence-electron chi connectivity index (χ3n) is 2.90. The predicted octanol–water partition coefficient (Wildman–Crippen LogP) is 1.66. The van der Waals surface area contributed by atoms with Crippen LogP contribution in [0.2, 0.25) is 0 Å². The Morgan fingerprint density at radius 2 is 2.00 bits per heavy atom. The molecule has 2 rings (SSSR count). The van der Waals surface area contributed by atoms with E-state index in [-0.39, 0.29) is 11.9 Å². The molecule has 20 heavy (non-hydrogen) atoms. The van der Waals surface area contributed by atoms with E-state index in [1.54, 1.807) is 6.08 Å². The fourth-order valence-electron chi connectivity index (χ4n) is 2.02. The molecule has 0 heterocycles. The van der Waals surface area contributed by atoms with Crippen molar-refractivity contribution >= 4 is 17.9 Å². The maximum atomic E-state index is 6.02. The van der Waals surface area contributed by atoms with Crippen molar-refractivity contribution < 1.29 is 0 Å². The normalized spacial score (nSPS) is 17.8. The predicted molar refractivity (Wildman–Crippen MR) is 84.3 cm³/mol. The highest BCUT2D eigenvalue weighted by molar-refractivity contribution is 5.78. The van der Waals surface area contributed by atoms with E-state index in [0.717, 1.165) is 16.8 Å². The van der Waals surface area contributed by atoms with Crippen molar-refractivity contribution in [2.45, 2.75) is 5.92 Å². The lowest BCUT2D eigenvalue weighted by Gasteiger charge is -2.13. The quantitative estimate of drug-likeness (QED) is 0.334. The van der Waals surface area contributed by atoms with Gasteiger partial charge in [-0.25, -0.2) is 0 Å². The van der Waals surface area contributed by atoms with E-state index in [9.17, 15) is 0 Å². The number of nitrogens with zero attached hydrogens (tertiary/aromatic N) is 2. The van der Waals surface area contributed by atoms with E-state index in [1.807, 2.05) is 42.5 Å². The highest BCUT2D eigenvalue weighted by atomic mass is 15.3. The molecule has 5 heteroatoms. The minimum atomic E-state index is -0.0636. The maximum absolute atomic E-state index is 6.02. The first-order valence-electron chi connectivity index (χ1n) is 6.20. The molecule has 0 aliphatic heterocycles. The first kappa shape index (κ1) is 13.6. The summed E-state index contributed by atoms with van der Waals surface area (Å²) in [7, 11) is 0. The maximum Gasteiger partial charge on any atom is 0.211 e. The molecule has 0 aromatic heterocycles. The summed E-state index contributed by atoms with van der Waals surface area (Å²) in [5, 5.41) is 7.22. The molecule has 1 aromatic carbocycles. The number of guanidine groups is 1. The van der Waals surface area contributed by atoms with Crippen LogP contribution in [0.5, 0.6) is 0 Å². The van der Waals surface area contributed by atoms with Gasteiger partial charge in [-0.15, -0.1) is 5.10 Å². The molecular weight excluding hydrogens is 250 g/mol. The number of nitrogens with two attached hydrogens (primary N) is 3. The van der Waals surface area contributed by atoms with Crippen molar-refractivity contribution in [3.05, 3.63) is 65.8 Å². The van der Waals surface area contributed by atoms with Crippen molar-refractivity contribution in [2.24, 2.45) is 21.7 Å². The molecule has 102 valence electrons. The summed E-state index contributed by atoms with van der Waals surface area (Å²) < 4.78 is 0. The van der Waals surface area contributed by atoms with Crippen LogP contribution in [-0.4, -0.2) is 12.2 Å². The number of hydrogen-bond acceptors (Lipinski definition) is 3. The largest absolute Gasteiger partial charge is 0.398 e. The van der Waals surface area contributed by atoms with Gasteiger partial charge < -0.3 is 17.2 Å². The van der Waals surface area contributed by atoms with Crippen LogP contribution in [0, 0.1) is 0 Å². The van der Waals surface area contributed by atoms with Crippen LogP contribution in [0.15, 0.2) is 70.4 Å². The van der Waals surface area contributed by atoms with Crippen molar-refractivity contribution in [1.29, 1.82) is 0 Å². The van der Waals surface area contributed by atoms with Gasteiger partial charge in [0.2, 0.25) is 5.96 Å². The Bertz CT molecular complexity index is 619. The number of rotatable bonds is 4. The van der Waals surface area contributed by atoms with E-state index < -0.39 is 0 Å². The van der Waals surface area contributed by atoms with Gasteiger partial charge in [0.05, 0.1) is 0 Å². The van der Waals surface area contributed by atoms with Crippen molar-refractivity contribution in [3.63, 3.8) is 0 Å². The minimum absolute atomic E-state index is 0.0636. The number of para-hydroxylation sites is 1. The second-order valence-electron chi connectivity index (χ2n) is 4.31. The average Bonchev–Trinajstić information content (AvgIpc) is 2.87. The molecule has 0 bridgehead atoms. The van der Waals surface area contributed by atoms with Crippen LogP contribution in [0.25, 0.3) is 0 Å². The Hall–Kier alpha value is -2.82. The fraction of sp³-hybridized carbons (Fsp3) is 0.0667. The van der Waals surface area contributed by atoms with Crippen LogP contribution < -0.4 is 17.2 Å². The molecule has 1 atom stereocenters. The zero-order valence-electron chi connectivity index (χ0n) is 11.0. The number of benzene rings is 1. The highest BCUT2D eigenvalue weighted by Crippen LogP contribution is 2.33. The van der Waals surface area contributed by atoms with E-state index in [0.29, 0.717) is 0 Å². The lowest BCUT2D eigenvalue weighted by Crippen LogP contribution is -2.21.